The van der Waals surface area contributed by atoms with E-state index >= 15 is 0 Å². The maximum Gasteiger partial charge on any atom is 0.227 e. The molecule has 0 radical (unpaired) electrons. The second-order valence-electron chi connectivity index (χ2n) is 6.87. The largest absolute Gasteiger partial charge is 0.356 e. The van der Waals surface area contributed by atoms with Crippen LogP contribution in [0.4, 0.5) is 5.69 Å². The number of nitrogens with zero attached hydrogens (tertiary/aromatic N) is 2. The highest BCUT2D eigenvalue weighted by Crippen LogP contribution is 2.27. The molecule has 1 aromatic heterocycles. The summed E-state index contributed by atoms with van der Waals surface area (Å²) in [5, 5.41) is 11.0. The zero-order valence-corrected chi connectivity index (χ0v) is 19.6. The number of hydrogen-bond acceptors (Lipinski definition) is 3. The Balaban J connectivity index is 0.00000280. The first-order valence-electron chi connectivity index (χ1n) is 9.54. The van der Waals surface area contributed by atoms with Crippen molar-refractivity contribution in [3.8, 4) is 0 Å². The number of nitrogens with one attached hydrogen (secondary N) is 2. The van der Waals surface area contributed by atoms with Crippen LogP contribution in [0.3, 0.4) is 0 Å². The molecule has 1 amide bonds. The van der Waals surface area contributed by atoms with Gasteiger partial charge in [0.2, 0.25) is 5.91 Å². The van der Waals surface area contributed by atoms with E-state index in [-0.39, 0.29) is 29.9 Å². The van der Waals surface area contributed by atoms with Crippen molar-refractivity contribution in [2.75, 3.05) is 31.6 Å². The highest BCUT2D eigenvalue weighted by atomic mass is 127. The van der Waals surface area contributed by atoms with Gasteiger partial charge in [-0.05, 0) is 52.8 Å². The Morgan fingerprint density at radius 1 is 1.29 bits per heavy atom. The number of thiophene rings is 1. The van der Waals surface area contributed by atoms with E-state index in [0.29, 0.717) is 12.3 Å². The van der Waals surface area contributed by atoms with Gasteiger partial charge in [-0.2, -0.15) is 11.3 Å². The molecule has 2 N–H and O–H groups in total. The van der Waals surface area contributed by atoms with Crippen LogP contribution in [-0.2, 0) is 11.2 Å². The van der Waals surface area contributed by atoms with E-state index in [2.05, 4.69) is 45.4 Å². The fourth-order valence-electron chi connectivity index (χ4n) is 3.32. The van der Waals surface area contributed by atoms with Crippen LogP contribution in [0.5, 0.6) is 0 Å². The van der Waals surface area contributed by atoms with Gasteiger partial charge in [0.05, 0.1) is 0 Å². The van der Waals surface area contributed by atoms with Crippen molar-refractivity contribution < 1.29 is 4.79 Å². The zero-order chi connectivity index (χ0) is 19.1. The number of carbonyl (C=O) groups is 1. The molecular weight excluding hydrogens is 483 g/mol. The molecule has 3 rings (SSSR count). The number of fused-ring (bicyclic) bond motifs is 1. The van der Waals surface area contributed by atoms with Gasteiger partial charge in [0.25, 0.3) is 0 Å². The highest BCUT2D eigenvalue weighted by Gasteiger charge is 2.23. The molecule has 0 bridgehead atoms. The Kier molecular flexibility index (Phi) is 9.24. The van der Waals surface area contributed by atoms with Gasteiger partial charge in [-0.15, -0.1) is 24.0 Å². The quantitative estimate of drug-likeness (QED) is 0.255. The summed E-state index contributed by atoms with van der Waals surface area (Å²) < 4.78 is 0. The van der Waals surface area contributed by atoms with Crippen molar-refractivity contribution in [1.29, 1.82) is 0 Å². The van der Waals surface area contributed by atoms with Gasteiger partial charge in [0.1, 0.15) is 0 Å². The molecular formula is C21H29IN4OS. The molecule has 28 heavy (non-hydrogen) atoms. The molecule has 1 aromatic carbocycles. The molecule has 1 unspecified atom stereocenters. The van der Waals surface area contributed by atoms with Crippen molar-refractivity contribution in [1.82, 2.24) is 10.6 Å². The number of para-hydroxylation sites is 1. The number of halogens is 1. The van der Waals surface area contributed by atoms with E-state index in [0.717, 1.165) is 44.1 Å². The lowest BCUT2D eigenvalue weighted by Crippen LogP contribution is -2.39. The number of aliphatic imine (C=N–C) groups is 1. The van der Waals surface area contributed by atoms with Gasteiger partial charge in [-0.3, -0.25) is 9.79 Å². The van der Waals surface area contributed by atoms with Crippen LogP contribution in [-0.4, -0.2) is 38.5 Å². The molecule has 0 saturated carbocycles. The third kappa shape index (κ3) is 5.94. The lowest BCUT2D eigenvalue weighted by Gasteiger charge is -2.18. The average molecular weight is 512 g/mol. The maximum atomic E-state index is 12.5. The highest BCUT2D eigenvalue weighted by molar-refractivity contribution is 14.0. The van der Waals surface area contributed by atoms with Crippen molar-refractivity contribution in [2.24, 2.45) is 4.99 Å². The molecule has 1 atom stereocenters. The van der Waals surface area contributed by atoms with Gasteiger partial charge in [0, 0.05) is 38.8 Å². The molecule has 2 aromatic rings. The summed E-state index contributed by atoms with van der Waals surface area (Å²) >= 11 is 1.72. The molecule has 152 valence electrons. The Labute approximate surface area is 188 Å². The maximum absolute atomic E-state index is 12.5. The minimum absolute atomic E-state index is 0. The first-order chi connectivity index (χ1) is 13.2. The van der Waals surface area contributed by atoms with Gasteiger partial charge in [-0.25, -0.2) is 0 Å². The number of guanidine groups is 1. The Hall–Kier alpha value is -1.61. The first kappa shape index (κ1) is 22.7. The third-order valence-electron chi connectivity index (χ3n) is 4.96. The fraction of sp³-hybridized carbons (Fsp3) is 0.429. The van der Waals surface area contributed by atoms with Crippen LogP contribution in [0.1, 0.15) is 36.8 Å². The molecule has 5 nitrogen and oxygen atoms in total. The molecule has 1 aliphatic heterocycles. The molecule has 7 heteroatoms. The summed E-state index contributed by atoms with van der Waals surface area (Å²) in [6.07, 6.45) is 2.29. The van der Waals surface area contributed by atoms with Gasteiger partial charge in [0.15, 0.2) is 5.96 Å². The standard InChI is InChI=1S/C21H28N4OS.HI/c1-16(18-10-13-27-15-18)14-24-21(22-2)23-11-5-8-20(26)25-12-9-17-6-3-4-7-19(17)25;/h3-4,6-7,10,13,15-16H,5,8-9,11-12,14H2,1-2H3,(H2,22,23,24);1H. The van der Waals surface area contributed by atoms with E-state index < -0.39 is 0 Å². The van der Waals surface area contributed by atoms with Gasteiger partial charge in [-0.1, -0.05) is 25.1 Å². The summed E-state index contributed by atoms with van der Waals surface area (Å²) in [4.78, 5) is 18.7. The molecule has 0 aliphatic carbocycles. The topological polar surface area (TPSA) is 56.7 Å². The predicted molar refractivity (Wildman–Crippen MR) is 129 cm³/mol. The Morgan fingerprint density at radius 3 is 2.86 bits per heavy atom. The van der Waals surface area contributed by atoms with Gasteiger partial charge >= 0.3 is 0 Å². The van der Waals surface area contributed by atoms with E-state index in [1.165, 1.54) is 11.1 Å². The van der Waals surface area contributed by atoms with Crippen molar-refractivity contribution in [3.05, 3.63) is 52.2 Å². The van der Waals surface area contributed by atoms with Crippen LogP contribution < -0.4 is 15.5 Å². The zero-order valence-electron chi connectivity index (χ0n) is 16.5. The van der Waals surface area contributed by atoms with Crippen molar-refractivity contribution >= 4 is 52.9 Å². The minimum Gasteiger partial charge on any atom is -0.356 e. The molecule has 0 spiro atoms. The van der Waals surface area contributed by atoms with Crippen LogP contribution in [0.25, 0.3) is 0 Å². The number of carbonyl (C=O) groups excluding carboxylic acids is 1. The summed E-state index contributed by atoms with van der Waals surface area (Å²) in [5.41, 5.74) is 3.70. The number of amides is 1. The summed E-state index contributed by atoms with van der Waals surface area (Å²) in [6.45, 7) is 4.57. The second-order valence-corrected chi connectivity index (χ2v) is 7.65. The monoisotopic (exact) mass is 512 g/mol. The SMILES string of the molecule is CN=C(NCCCC(=O)N1CCc2ccccc21)NCC(C)c1ccsc1.I. The summed E-state index contributed by atoms with van der Waals surface area (Å²) in [7, 11) is 1.77. The van der Waals surface area contributed by atoms with Crippen LogP contribution in [0.2, 0.25) is 0 Å². The van der Waals surface area contributed by atoms with Crippen LogP contribution in [0, 0.1) is 0 Å². The van der Waals surface area contributed by atoms with E-state index in [1.54, 1.807) is 18.4 Å². The van der Waals surface area contributed by atoms with Crippen LogP contribution in [0.15, 0.2) is 46.1 Å². The second kappa shape index (κ2) is 11.4. The average Bonchev–Trinajstić information content (AvgIpc) is 3.37. The summed E-state index contributed by atoms with van der Waals surface area (Å²) in [5.74, 6) is 1.43. The number of benzene rings is 1. The Bertz CT molecular complexity index is 778. The molecule has 0 saturated heterocycles. The molecule has 1 aliphatic rings. The van der Waals surface area contributed by atoms with Crippen molar-refractivity contribution in [2.45, 2.75) is 32.1 Å². The fourth-order valence-corrected chi connectivity index (χ4v) is 4.10. The molecule has 2 heterocycles. The Morgan fingerprint density at radius 2 is 2.11 bits per heavy atom. The first-order valence-corrected chi connectivity index (χ1v) is 10.5. The predicted octanol–water partition coefficient (Wildman–Crippen LogP) is 4.00. The normalized spacial score (nSPS) is 14.2. The smallest absolute Gasteiger partial charge is 0.227 e. The van der Waals surface area contributed by atoms with E-state index in [9.17, 15) is 4.79 Å². The lowest BCUT2D eigenvalue weighted by atomic mass is 10.1. The third-order valence-corrected chi connectivity index (χ3v) is 5.66. The number of anilines is 1. The van der Waals surface area contributed by atoms with Gasteiger partial charge < -0.3 is 15.5 Å². The number of hydrogen-bond donors (Lipinski definition) is 2. The lowest BCUT2D eigenvalue weighted by molar-refractivity contribution is -0.118. The minimum atomic E-state index is 0. The number of rotatable bonds is 7. The summed E-state index contributed by atoms with van der Waals surface area (Å²) in [6, 6.07) is 10.3. The molecule has 0 fully saturated rings. The van der Waals surface area contributed by atoms with Crippen LogP contribution >= 0.6 is 35.3 Å². The van der Waals surface area contributed by atoms with E-state index in [4.69, 9.17) is 0 Å². The van der Waals surface area contributed by atoms with Crippen molar-refractivity contribution in [3.63, 3.8) is 0 Å². The van der Waals surface area contributed by atoms with E-state index in [1.807, 2.05) is 23.1 Å².